The number of nitrogens with one attached hydrogen (secondary N) is 2. The van der Waals surface area contributed by atoms with Crippen LogP contribution in [0.25, 0.3) is 0 Å². The Morgan fingerprint density at radius 1 is 1.28 bits per heavy atom. The number of sulfone groups is 1. The van der Waals surface area contributed by atoms with E-state index in [-0.39, 0.29) is 23.8 Å². The predicted molar refractivity (Wildman–Crippen MR) is 68.7 cm³/mol. The van der Waals surface area contributed by atoms with Crippen LogP contribution in [-0.2, 0) is 9.84 Å². The van der Waals surface area contributed by atoms with Gasteiger partial charge in [-0.05, 0) is 6.92 Å². The van der Waals surface area contributed by atoms with E-state index < -0.39 is 9.84 Å². The highest BCUT2D eigenvalue weighted by Crippen LogP contribution is 2.11. The molecular formula is C9H17N5O3S. The van der Waals surface area contributed by atoms with E-state index in [1.54, 1.807) is 14.0 Å². The summed E-state index contributed by atoms with van der Waals surface area (Å²) in [6.45, 7) is 1.73. The van der Waals surface area contributed by atoms with Crippen molar-refractivity contribution in [1.29, 1.82) is 0 Å². The second kappa shape index (κ2) is 5.80. The molecule has 0 aliphatic heterocycles. The first-order valence-electron chi connectivity index (χ1n) is 5.26. The van der Waals surface area contributed by atoms with Crippen molar-refractivity contribution in [3.05, 3.63) is 0 Å². The lowest BCUT2D eigenvalue weighted by Crippen LogP contribution is -2.26. The average Bonchev–Trinajstić information content (AvgIpc) is 2.25. The zero-order valence-electron chi connectivity index (χ0n) is 10.8. The van der Waals surface area contributed by atoms with Crippen LogP contribution in [0, 0.1) is 0 Å². The molecule has 0 fully saturated rings. The molecule has 102 valence electrons. The van der Waals surface area contributed by atoms with Crippen LogP contribution in [0.1, 0.15) is 6.92 Å². The molecule has 1 unspecified atom stereocenters. The lowest BCUT2D eigenvalue weighted by Gasteiger charge is -2.13. The van der Waals surface area contributed by atoms with Crippen LogP contribution in [0.4, 0.5) is 11.9 Å². The second-order valence-electron chi connectivity index (χ2n) is 3.86. The molecule has 1 heterocycles. The number of anilines is 2. The predicted octanol–water partition coefficient (Wildman–Crippen LogP) is -0.233. The van der Waals surface area contributed by atoms with Crippen LogP contribution in [-0.4, -0.2) is 55.6 Å². The van der Waals surface area contributed by atoms with Gasteiger partial charge < -0.3 is 15.4 Å². The molecule has 2 N–H and O–H groups in total. The van der Waals surface area contributed by atoms with Crippen LogP contribution in [0.5, 0.6) is 6.01 Å². The molecule has 0 spiro atoms. The SMILES string of the molecule is CNc1nc(NC(C)CS(C)(=O)=O)nc(OC)n1. The van der Waals surface area contributed by atoms with Crippen LogP contribution >= 0.6 is 0 Å². The summed E-state index contributed by atoms with van der Waals surface area (Å²) in [5.41, 5.74) is 0. The molecule has 0 aromatic carbocycles. The van der Waals surface area contributed by atoms with Crippen molar-refractivity contribution in [2.45, 2.75) is 13.0 Å². The van der Waals surface area contributed by atoms with Gasteiger partial charge in [0.2, 0.25) is 11.9 Å². The van der Waals surface area contributed by atoms with Crippen LogP contribution in [0.3, 0.4) is 0 Å². The number of methoxy groups -OCH3 is 1. The Bertz CT molecular complexity index is 483. The van der Waals surface area contributed by atoms with Crippen LogP contribution < -0.4 is 15.4 Å². The summed E-state index contributed by atoms with van der Waals surface area (Å²) in [6, 6.07) is -0.153. The normalized spacial score (nSPS) is 12.9. The number of nitrogens with zero attached hydrogens (tertiary/aromatic N) is 3. The lowest BCUT2D eigenvalue weighted by molar-refractivity contribution is 0.379. The van der Waals surface area contributed by atoms with Gasteiger partial charge in [0.15, 0.2) is 0 Å². The van der Waals surface area contributed by atoms with E-state index in [0.717, 1.165) is 0 Å². The van der Waals surface area contributed by atoms with E-state index in [2.05, 4.69) is 25.6 Å². The molecule has 0 radical (unpaired) electrons. The van der Waals surface area contributed by atoms with Gasteiger partial charge in [0.05, 0.1) is 12.9 Å². The molecule has 1 aromatic heterocycles. The first kappa shape index (κ1) is 14.4. The van der Waals surface area contributed by atoms with Gasteiger partial charge in [-0.15, -0.1) is 0 Å². The second-order valence-corrected chi connectivity index (χ2v) is 6.04. The quantitative estimate of drug-likeness (QED) is 0.733. The average molecular weight is 275 g/mol. The maximum atomic E-state index is 11.1. The smallest absolute Gasteiger partial charge is 0.322 e. The van der Waals surface area contributed by atoms with Gasteiger partial charge in [0.1, 0.15) is 9.84 Å². The topological polar surface area (TPSA) is 106 Å². The molecule has 1 atom stereocenters. The van der Waals surface area contributed by atoms with Crippen molar-refractivity contribution in [2.75, 3.05) is 36.8 Å². The molecule has 1 rings (SSSR count). The van der Waals surface area contributed by atoms with E-state index in [9.17, 15) is 8.42 Å². The first-order chi connectivity index (χ1) is 8.34. The number of ether oxygens (including phenoxy) is 1. The molecule has 1 aromatic rings. The Hall–Kier alpha value is -1.64. The molecule has 18 heavy (non-hydrogen) atoms. The minimum Gasteiger partial charge on any atom is -0.467 e. The van der Waals surface area contributed by atoms with Crippen molar-refractivity contribution < 1.29 is 13.2 Å². The maximum absolute atomic E-state index is 11.1. The monoisotopic (exact) mass is 275 g/mol. The number of hydrogen-bond donors (Lipinski definition) is 2. The highest BCUT2D eigenvalue weighted by Gasteiger charge is 2.13. The largest absolute Gasteiger partial charge is 0.467 e. The Morgan fingerprint density at radius 2 is 1.89 bits per heavy atom. The summed E-state index contributed by atoms with van der Waals surface area (Å²) in [6.07, 6.45) is 1.18. The Labute approximate surface area is 106 Å². The van der Waals surface area contributed by atoms with Crippen molar-refractivity contribution in [3.63, 3.8) is 0 Å². The minimum absolute atomic E-state index is 0.00408. The Balaban J connectivity index is 2.83. The molecule has 0 aliphatic carbocycles. The molecule has 0 saturated heterocycles. The lowest BCUT2D eigenvalue weighted by atomic mass is 10.4. The van der Waals surface area contributed by atoms with Crippen molar-refractivity contribution in [2.24, 2.45) is 0 Å². The zero-order valence-corrected chi connectivity index (χ0v) is 11.6. The van der Waals surface area contributed by atoms with Gasteiger partial charge >= 0.3 is 6.01 Å². The molecule has 0 aliphatic rings. The van der Waals surface area contributed by atoms with Gasteiger partial charge in [0.25, 0.3) is 0 Å². The van der Waals surface area contributed by atoms with Gasteiger partial charge in [-0.2, -0.15) is 15.0 Å². The fraction of sp³-hybridized carbons (Fsp3) is 0.667. The third-order valence-corrected chi connectivity index (χ3v) is 3.05. The summed E-state index contributed by atoms with van der Waals surface area (Å²) >= 11 is 0. The van der Waals surface area contributed by atoms with Gasteiger partial charge in [-0.25, -0.2) is 8.42 Å². The van der Waals surface area contributed by atoms with Gasteiger partial charge in [0, 0.05) is 19.3 Å². The summed E-state index contributed by atoms with van der Waals surface area (Å²) in [7, 11) is 0.0527. The minimum atomic E-state index is -3.06. The van der Waals surface area contributed by atoms with Gasteiger partial charge in [-0.3, -0.25) is 0 Å². The van der Waals surface area contributed by atoms with Crippen molar-refractivity contribution >= 4 is 21.7 Å². The van der Waals surface area contributed by atoms with E-state index in [4.69, 9.17) is 4.74 Å². The first-order valence-corrected chi connectivity index (χ1v) is 7.32. The standard InChI is InChI=1S/C9H17N5O3S/c1-6(5-18(4,15)16)11-8-12-7(10-2)13-9(14-8)17-3/h6H,5H2,1-4H3,(H2,10,11,12,13,14). The summed E-state index contributed by atoms with van der Waals surface area (Å²) in [4.78, 5) is 12.0. The van der Waals surface area contributed by atoms with Crippen LogP contribution in [0.2, 0.25) is 0 Å². The number of aromatic nitrogens is 3. The fourth-order valence-electron chi connectivity index (χ4n) is 1.34. The highest BCUT2D eigenvalue weighted by molar-refractivity contribution is 7.90. The van der Waals surface area contributed by atoms with E-state index >= 15 is 0 Å². The van der Waals surface area contributed by atoms with Gasteiger partial charge in [-0.1, -0.05) is 0 Å². The van der Waals surface area contributed by atoms with E-state index in [0.29, 0.717) is 5.95 Å². The third-order valence-electron chi connectivity index (χ3n) is 1.95. The van der Waals surface area contributed by atoms with E-state index in [1.807, 2.05) is 0 Å². The Kier molecular flexibility index (Phi) is 4.65. The summed E-state index contributed by atoms with van der Waals surface area (Å²) in [5, 5.41) is 5.65. The Morgan fingerprint density at radius 3 is 2.39 bits per heavy atom. The molecule has 8 nitrogen and oxygen atoms in total. The van der Waals surface area contributed by atoms with Crippen LogP contribution in [0.15, 0.2) is 0 Å². The van der Waals surface area contributed by atoms with E-state index in [1.165, 1.54) is 13.4 Å². The molecule has 0 amide bonds. The van der Waals surface area contributed by atoms with Crippen molar-refractivity contribution in [3.8, 4) is 6.01 Å². The zero-order chi connectivity index (χ0) is 13.8. The molecule has 0 saturated carbocycles. The molecule has 9 heteroatoms. The summed E-state index contributed by atoms with van der Waals surface area (Å²) in [5.74, 6) is 0.605. The molecule has 0 bridgehead atoms. The molecular weight excluding hydrogens is 258 g/mol. The maximum Gasteiger partial charge on any atom is 0.322 e. The third kappa shape index (κ3) is 4.70. The fourth-order valence-corrected chi connectivity index (χ4v) is 2.33. The number of rotatable bonds is 6. The summed E-state index contributed by atoms with van der Waals surface area (Å²) < 4.78 is 27.2. The number of hydrogen-bond acceptors (Lipinski definition) is 8. The highest BCUT2D eigenvalue weighted by atomic mass is 32.2. The van der Waals surface area contributed by atoms with Crippen molar-refractivity contribution in [1.82, 2.24) is 15.0 Å².